The number of hydrogen-bond donors (Lipinski definition) is 1. The number of anilines is 1. The first-order valence-electron chi connectivity index (χ1n) is 7.91. The number of amides is 1. The largest absolute Gasteiger partial charge is 0.466 e. The summed E-state index contributed by atoms with van der Waals surface area (Å²) in [5.41, 5.74) is 2.04. The van der Waals surface area contributed by atoms with E-state index in [-0.39, 0.29) is 18.3 Å². The number of ether oxygens (including phenoxy) is 1. The lowest BCUT2D eigenvalue weighted by molar-refractivity contribution is -0.144. The second kappa shape index (κ2) is 8.88. The Morgan fingerprint density at radius 2 is 1.80 bits per heavy atom. The van der Waals surface area contributed by atoms with Crippen LogP contribution >= 0.6 is 23.2 Å². The van der Waals surface area contributed by atoms with Gasteiger partial charge in [0.15, 0.2) is 0 Å². The molecule has 132 valence electrons. The molecule has 2 rings (SSSR count). The summed E-state index contributed by atoms with van der Waals surface area (Å²) in [4.78, 5) is 24.1. The first kappa shape index (κ1) is 19.3. The van der Waals surface area contributed by atoms with Crippen LogP contribution in [0, 0.1) is 0 Å². The minimum atomic E-state index is -0.441. The molecule has 0 aliphatic heterocycles. The Morgan fingerprint density at radius 3 is 2.44 bits per heavy atom. The van der Waals surface area contributed by atoms with Crippen molar-refractivity contribution in [2.24, 2.45) is 0 Å². The monoisotopic (exact) mass is 379 g/mol. The van der Waals surface area contributed by atoms with Crippen molar-refractivity contribution < 1.29 is 14.3 Å². The van der Waals surface area contributed by atoms with E-state index in [1.165, 1.54) is 0 Å². The van der Waals surface area contributed by atoms with E-state index >= 15 is 0 Å². The molecule has 0 saturated heterocycles. The van der Waals surface area contributed by atoms with E-state index < -0.39 is 5.92 Å². The third-order valence-corrected chi connectivity index (χ3v) is 4.26. The van der Waals surface area contributed by atoms with Gasteiger partial charge in [0.1, 0.15) is 0 Å². The van der Waals surface area contributed by atoms with Gasteiger partial charge in [0.2, 0.25) is 5.91 Å². The molecular weight excluding hydrogens is 361 g/mol. The molecule has 0 heterocycles. The first-order valence-corrected chi connectivity index (χ1v) is 8.66. The second-order valence-electron chi connectivity index (χ2n) is 5.56. The molecule has 1 N–H and O–H groups in total. The fraction of sp³-hybridized carbons (Fsp3) is 0.263. The van der Waals surface area contributed by atoms with E-state index in [4.69, 9.17) is 27.9 Å². The molecule has 6 heteroatoms. The summed E-state index contributed by atoms with van der Waals surface area (Å²) in [6.07, 6.45) is 0.200. The highest BCUT2D eigenvalue weighted by Crippen LogP contribution is 2.27. The SMILES string of the molecule is CCOC(=O)C(C)c1ccc(Cl)c(NC(=O)Cc2ccc(Cl)cc2)c1. The zero-order valence-corrected chi connectivity index (χ0v) is 15.5. The molecule has 2 aromatic rings. The van der Waals surface area contributed by atoms with Gasteiger partial charge in [-0.3, -0.25) is 9.59 Å². The number of rotatable bonds is 6. The number of hydrogen-bond acceptors (Lipinski definition) is 3. The smallest absolute Gasteiger partial charge is 0.313 e. The number of nitrogens with one attached hydrogen (secondary N) is 1. The van der Waals surface area contributed by atoms with Crippen molar-refractivity contribution >= 4 is 40.8 Å². The van der Waals surface area contributed by atoms with Crippen molar-refractivity contribution in [1.29, 1.82) is 0 Å². The number of esters is 1. The zero-order chi connectivity index (χ0) is 18.4. The van der Waals surface area contributed by atoms with Crippen LogP contribution in [0.4, 0.5) is 5.69 Å². The molecule has 0 spiro atoms. The predicted molar refractivity (Wildman–Crippen MR) is 100 cm³/mol. The van der Waals surface area contributed by atoms with E-state index in [1.807, 2.05) is 0 Å². The van der Waals surface area contributed by atoms with Crippen molar-refractivity contribution in [3.63, 3.8) is 0 Å². The summed E-state index contributed by atoms with van der Waals surface area (Å²) < 4.78 is 5.03. The van der Waals surface area contributed by atoms with Gasteiger partial charge >= 0.3 is 5.97 Å². The molecule has 0 aliphatic carbocycles. The molecule has 0 saturated carbocycles. The molecule has 0 aromatic heterocycles. The van der Waals surface area contributed by atoms with Crippen molar-refractivity contribution in [1.82, 2.24) is 0 Å². The third kappa shape index (κ3) is 5.48. The lowest BCUT2D eigenvalue weighted by atomic mass is 10.0. The van der Waals surface area contributed by atoms with Gasteiger partial charge in [-0.1, -0.05) is 41.4 Å². The van der Waals surface area contributed by atoms with Gasteiger partial charge in [-0.15, -0.1) is 0 Å². The number of carbonyl (C=O) groups excluding carboxylic acids is 2. The van der Waals surface area contributed by atoms with Gasteiger partial charge in [-0.05, 0) is 49.2 Å². The Bertz CT molecular complexity index is 760. The number of benzene rings is 2. The standard InChI is InChI=1S/C19H19Cl2NO3/c1-3-25-19(24)12(2)14-6-9-16(21)17(11-14)22-18(23)10-13-4-7-15(20)8-5-13/h4-9,11-12H,3,10H2,1-2H3,(H,22,23). The Labute approximate surface area is 157 Å². The predicted octanol–water partition coefficient (Wildman–Crippen LogP) is 4.84. The normalized spacial score (nSPS) is 11.7. The maximum atomic E-state index is 12.2. The van der Waals surface area contributed by atoms with Crippen LogP contribution in [0.5, 0.6) is 0 Å². The molecule has 0 radical (unpaired) electrons. The minimum Gasteiger partial charge on any atom is -0.466 e. The van der Waals surface area contributed by atoms with Crippen LogP contribution in [-0.4, -0.2) is 18.5 Å². The van der Waals surface area contributed by atoms with Gasteiger partial charge in [-0.2, -0.15) is 0 Å². The van der Waals surface area contributed by atoms with Crippen LogP contribution in [0.25, 0.3) is 0 Å². The maximum absolute atomic E-state index is 12.2. The van der Waals surface area contributed by atoms with Crippen molar-refractivity contribution in [2.45, 2.75) is 26.2 Å². The first-order chi connectivity index (χ1) is 11.9. The maximum Gasteiger partial charge on any atom is 0.313 e. The fourth-order valence-electron chi connectivity index (χ4n) is 2.29. The van der Waals surface area contributed by atoms with Crippen molar-refractivity contribution in [2.75, 3.05) is 11.9 Å². The van der Waals surface area contributed by atoms with Crippen LogP contribution < -0.4 is 5.32 Å². The highest BCUT2D eigenvalue weighted by Gasteiger charge is 2.18. The summed E-state index contributed by atoms with van der Waals surface area (Å²) in [6.45, 7) is 3.83. The average molecular weight is 380 g/mol. The summed E-state index contributed by atoms with van der Waals surface area (Å²) in [7, 11) is 0. The second-order valence-corrected chi connectivity index (χ2v) is 6.41. The molecule has 25 heavy (non-hydrogen) atoms. The van der Waals surface area contributed by atoms with E-state index in [2.05, 4.69) is 5.32 Å². The Hall–Kier alpha value is -2.04. The van der Waals surface area contributed by atoms with E-state index in [1.54, 1.807) is 56.3 Å². The summed E-state index contributed by atoms with van der Waals surface area (Å²) in [6, 6.07) is 12.2. The van der Waals surface area contributed by atoms with Gasteiger partial charge in [0, 0.05) is 5.02 Å². The Morgan fingerprint density at radius 1 is 1.12 bits per heavy atom. The van der Waals surface area contributed by atoms with Crippen molar-refractivity contribution in [3.05, 3.63) is 63.6 Å². The molecule has 0 fully saturated rings. The molecule has 0 bridgehead atoms. The Kier molecular flexibility index (Phi) is 6.85. The van der Waals surface area contributed by atoms with Crippen LogP contribution in [0.2, 0.25) is 10.0 Å². The lowest BCUT2D eigenvalue weighted by Crippen LogP contribution is -2.16. The number of halogens is 2. The van der Waals surface area contributed by atoms with Gasteiger partial charge < -0.3 is 10.1 Å². The summed E-state index contributed by atoms with van der Waals surface area (Å²) in [5, 5.41) is 3.81. The topological polar surface area (TPSA) is 55.4 Å². The number of carbonyl (C=O) groups is 2. The highest BCUT2D eigenvalue weighted by atomic mass is 35.5. The third-order valence-electron chi connectivity index (χ3n) is 3.68. The molecule has 2 aromatic carbocycles. The molecular formula is C19H19Cl2NO3. The van der Waals surface area contributed by atoms with Crippen LogP contribution in [-0.2, 0) is 20.7 Å². The molecule has 1 atom stereocenters. The fourth-order valence-corrected chi connectivity index (χ4v) is 2.58. The molecule has 0 aliphatic rings. The van der Waals surface area contributed by atoms with Crippen LogP contribution in [0.15, 0.2) is 42.5 Å². The molecule has 4 nitrogen and oxygen atoms in total. The quantitative estimate of drug-likeness (QED) is 0.730. The molecule has 1 unspecified atom stereocenters. The van der Waals surface area contributed by atoms with E-state index in [9.17, 15) is 9.59 Å². The molecule has 1 amide bonds. The van der Waals surface area contributed by atoms with Crippen molar-refractivity contribution in [3.8, 4) is 0 Å². The van der Waals surface area contributed by atoms with E-state index in [0.29, 0.717) is 22.3 Å². The lowest BCUT2D eigenvalue weighted by Gasteiger charge is -2.14. The van der Waals surface area contributed by atoms with Crippen LogP contribution in [0.3, 0.4) is 0 Å². The van der Waals surface area contributed by atoms with Gasteiger partial charge in [0.05, 0.1) is 29.7 Å². The zero-order valence-electron chi connectivity index (χ0n) is 14.0. The highest BCUT2D eigenvalue weighted by molar-refractivity contribution is 6.33. The van der Waals surface area contributed by atoms with Gasteiger partial charge in [0.25, 0.3) is 0 Å². The average Bonchev–Trinajstić information content (AvgIpc) is 2.58. The summed E-state index contributed by atoms with van der Waals surface area (Å²) >= 11 is 12.0. The minimum absolute atomic E-state index is 0.200. The summed E-state index contributed by atoms with van der Waals surface area (Å²) in [5.74, 6) is -0.961. The Balaban J connectivity index is 2.10. The van der Waals surface area contributed by atoms with Gasteiger partial charge in [-0.25, -0.2) is 0 Å². The van der Waals surface area contributed by atoms with E-state index in [0.717, 1.165) is 11.1 Å². The van der Waals surface area contributed by atoms with Crippen LogP contribution in [0.1, 0.15) is 30.9 Å².